The molecule has 0 radical (unpaired) electrons. The Bertz CT molecular complexity index is 1020. The Hall–Kier alpha value is -3.33. The van der Waals surface area contributed by atoms with Gasteiger partial charge in [-0.2, -0.15) is 0 Å². The van der Waals surface area contributed by atoms with E-state index in [1.54, 1.807) is 0 Å². The third-order valence-corrected chi connectivity index (χ3v) is 5.58. The number of nitro groups is 1. The smallest absolute Gasteiger partial charge is 0.313 e. The first kappa shape index (κ1) is 24.3. The monoisotopic (exact) mass is 475 g/mol. The number of nitrogens with zero attached hydrogens (tertiary/aromatic N) is 2. The third-order valence-electron chi connectivity index (χ3n) is 5.35. The molecule has 0 unspecified atom stereocenters. The van der Waals surface area contributed by atoms with Crippen LogP contribution in [0.5, 0.6) is 17.2 Å². The van der Waals surface area contributed by atoms with Gasteiger partial charge in [0.1, 0.15) is 0 Å². The topological polar surface area (TPSA) is 111 Å². The van der Waals surface area contributed by atoms with Crippen molar-refractivity contribution in [3.8, 4) is 17.2 Å². The molecule has 0 saturated carbocycles. The zero-order chi connectivity index (χ0) is 23.8. The molecular formula is C23H26ClN3O6. The van der Waals surface area contributed by atoms with Crippen molar-refractivity contribution in [1.82, 2.24) is 10.2 Å². The Kier molecular flexibility index (Phi) is 8.48. The number of ether oxygens (including phenoxy) is 2. The minimum absolute atomic E-state index is 0.00748. The maximum absolute atomic E-state index is 12.5. The van der Waals surface area contributed by atoms with E-state index in [1.165, 1.54) is 43.5 Å². The van der Waals surface area contributed by atoms with Crippen LogP contribution in [-0.2, 0) is 4.79 Å². The molecule has 33 heavy (non-hydrogen) atoms. The standard InChI is InChI=1S/C23H26ClN3O6/c1-32-21-14-16(23(29)25-11-10-22(28)26-12-4-2-3-5-13-26)6-8-20(21)33-19-9-7-17(24)15-18(19)27(30)31/h6-9,14-15H,2-5,10-13H2,1H3,(H,25,29). The van der Waals surface area contributed by atoms with Gasteiger partial charge < -0.3 is 19.7 Å². The summed E-state index contributed by atoms with van der Waals surface area (Å²) in [6, 6.07) is 8.55. The zero-order valence-corrected chi connectivity index (χ0v) is 19.1. The van der Waals surface area contributed by atoms with Crippen molar-refractivity contribution in [3.63, 3.8) is 0 Å². The minimum Gasteiger partial charge on any atom is -0.493 e. The molecule has 1 aliphatic heterocycles. The van der Waals surface area contributed by atoms with Gasteiger partial charge in [-0.15, -0.1) is 0 Å². The molecule has 2 aromatic carbocycles. The molecule has 0 aromatic heterocycles. The number of likely N-dealkylation sites (tertiary alicyclic amines) is 1. The highest BCUT2D eigenvalue weighted by atomic mass is 35.5. The molecule has 1 heterocycles. The summed E-state index contributed by atoms with van der Waals surface area (Å²) in [7, 11) is 1.40. The molecule has 2 amide bonds. The van der Waals surface area contributed by atoms with Gasteiger partial charge in [0.2, 0.25) is 11.7 Å². The first-order valence-electron chi connectivity index (χ1n) is 10.7. The molecule has 176 valence electrons. The molecule has 9 nitrogen and oxygen atoms in total. The summed E-state index contributed by atoms with van der Waals surface area (Å²) in [5.41, 5.74) is 0.0208. The van der Waals surface area contributed by atoms with Gasteiger partial charge in [0, 0.05) is 42.7 Å². The fourth-order valence-electron chi connectivity index (χ4n) is 3.59. The Morgan fingerprint density at radius 1 is 1.06 bits per heavy atom. The van der Waals surface area contributed by atoms with Crippen molar-refractivity contribution in [2.75, 3.05) is 26.7 Å². The van der Waals surface area contributed by atoms with Crippen LogP contribution in [0.15, 0.2) is 36.4 Å². The normalized spacial score (nSPS) is 13.7. The van der Waals surface area contributed by atoms with Gasteiger partial charge in [-0.25, -0.2) is 0 Å². The van der Waals surface area contributed by atoms with Gasteiger partial charge in [0.05, 0.1) is 12.0 Å². The molecule has 0 aliphatic carbocycles. The van der Waals surface area contributed by atoms with E-state index in [0.717, 1.165) is 38.8 Å². The Morgan fingerprint density at radius 2 is 1.76 bits per heavy atom. The lowest BCUT2D eigenvalue weighted by atomic mass is 10.2. The average molecular weight is 476 g/mol. The van der Waals surface area contributed by atoms with Crippen LogP contribution in [0, 0.1) is 10.1 Å². The summed E-state index contributed by atoms with van der Waals surface area (Å²) in [5, 5.41) is 14.2. The first-order valence-corrected chi connectivity index (χ1v) is 11.1. The Morgan fingerprint density at radius 3 is 2.42 bits per heavy atom. The van der Waals surface area contributed by atoms with Crippen molar-refractivity contribution in [2.45, 2.75) is 32.1 Å². The predicted molar refractivity (Wildman–Crippen MR) is 123 cm³/mol. The van der Waals surface area contributed by atoms with E-state index < -0.39 is 4.92 Å². The highest BCUT2D eigenvalue weighted by Gasteiger charge is 2.20. The number of amides is 2. The van der Waals surface area contributed by atoms with E-state index in [9.17, 15) is 19.7 Å². The van der Waals surface area contributed by atoms with Crippen LogP contribution >= 0.6 is 11.6 Å². The average Bonchev–Trinajstić information content (AvgIpc) is 3.10. The van der Waals surface area contributed by atoms with Gasteiger partial charge in [-0.1, -0.05) is 24.4 Å². The van der Waals surface area contributed by atoms with Gasteiger partial charge in [0.25, 0.3) is 5.91 Å². The summed E-state index contributed by atoms with van der Waals surface area (Å²) in [6.07, 6.45) is 4.57. The number of hydrogen-bond acceptors (Lipinski definition) is 6. The Labute approximate surface area is 196 Å². The van der Waals surface area contributed by atoms with Gasteiger partial charge in [-0.05, 0) is 43.2 Å². The molecule has 0 atom stereocenters. The predicted octanol–water partition coefficient (Wildman–Crippen LogP) is 4.57. The number of methoxy groups -OCH3 is 1. The maximum atomic E-state index is 12.5. The van der Waals surface area contributed by atoms with E-state index in [4.69, 9.17) is 21.1 Å². The lowest BCUT2D eigenvalue weighted by Gasteiger charge is -2.20. The molecule has 1 fully saturated rings. The summed E-state index contributed by atoms with van der Waals surface area (Å²) in [6.45, 7) is 1.78. The lowest BCUT2D eigenvalue weighted by Crippen LogP contribution is -2.35. The molecule has 0 bridgehead atoms. The van der Waals surface area contributed by atoms with Crippen LogP contribution in [0.25, 0.3) is 0 Å². The zero-order valence-electron chi connectivity index (χ0n) is 18.3. The molecule has 1 aliphatic rings. The third kappa shape index (κ3) is 6.58. The van der Waals surface area contributed by atoms with Gasteiger partial charge in [-0.3, -0.25) is 19.7 Å². The summed E-state index contributed by atoms with van der Waals surface area (Å²) in [4.78, 5) is 37.5. The van der Waals surface area contributed by atoms with Gasteiger partial charge in [0.15, 0.2) is 11.5 Å². The summed E-state index contributed by atoms with van der Waals surface area (Å²) < 4.78 is 11.0. The number of carbonyl (C=O) groups is 2. The molecule has 10 heteroatoms. The van der Waals surface area contributed by atoms with Crippen molar-refractivity contribution >= 4 is 29.1 Å². The molecule has 1 N–H and O–H groups in total. The number of nitrogens with one attached hydrogen (secondary N) is 1. The second-order valence-electron chi connectivity index (χ2n) is 7.64. The van der Waals surface area contributed by atoms with E-state index in [-0.39, 0.29) is 52.7 Å². The van der Waals surface area contributed by atoms with Gasteiger partial charge >= 0.3 is 5.69 Å². The summed E-state index contributed by atoms with van der Waals surface area (Å²) in [5.74, 6) is 0.111. The van der Waals surface area contributed by atoms with Crippen molar-refractivity contribution in [1.29, 1.82) is 0 Å². The van der Waals surface area contributed by atoms with Crippen LogP contribution in [-0.4, -0.2) is 48.4 Å². The van der Waals surface area contributed by atoms with Crippen LogP contribution in [0.2, 0.25) is 5.02 Å². The molecule has 2 aromatic rings. The van der Waals surface area contributed by atoms with Crippen LogP contribution in [0.1, 0.15) is 42.5 Å². The number of benzene rings is 2. The van der Waals surface area contributed by atoms with Crippen molar-refractivity contribution < 1.29 is 24.0 Å². The van der Waals surface area contributed by atoms with Crippen molar-refractivity contribution in [2.24, 2.45) is 0 Å². The van der Waals surface area contributed by atoms with E-state index in [0.29, 0.717) is 5.56 Å². The number of halogens is 1. The SMILES string of the molecule is COc1cc(C(=O)NCCC(=O)N2CCCCCC2)ccc1Oc1ccc(Cl)cc1[N+](=O)[O-]. The maximum Gasteiger partial charge on any atom is 0.313 e. The van der Waals surface area contributed by atoms with Crippen molar-refractivity contribution in [3.05, 3.63) is 57.1 Å². The summed E-state index contributed by atoms with van der Waals surface area (Å²) >= 11 is 5.84. The Balaban J connectivity index is 1.62. The van der Waals surface area contributed by atoms with E-state index in [2.05, 4.69) is 5.32 Å². The van der Waals surface area contributed by atoms with Crippen LogP contribution < -0.4 is 14.8 Å². The quantitative estimate of drug-likeness (QED) is 0.442. The fraction of sp³-hybridized carbons (Fsp3) is 0.391. The number of nitro benzene ring substituents is 1. The molecular weight excluding hydrogens is 450 g/mol. The molecule has 3 rings (SSSR count). The van der Waals surface area contributed by atoms with E-state index >= 15 is 0 Å². The minimum atomic E-state index is -0.595. The number of hydrogen-bond donors (Lipinski definition) is 1. The van der Waals surface area contributed by atoms with Crippen LogP contribution in [0.4, 0.5) is 5.69 Å². The molecule has 0 spiro atoms. The number of carbonyl (C=O) groups excluding carboxylic acids is 2. The highest BCUT2D eigenvalue weighted by Crippen LogP contribution is 2.37. The highest BCUT2D eigenvalue weighted by molar-refractivity contribution is 6.30. The lowest BCUT2D eigenvalue weighted by molar-refractivity contribution is -0.385. The largest absolute Gasteiger partial charge is 0.493 e. The van der Waals surface area contributed by atoms with E-state index in [1.807, 2.05) is 4.90 Å². The first-order chi connectivity index (χ1) is 15.9. The fourth-order valence-corrected chi connectivity index (χ4v) is 3.76. The van der Waals surface area contributed by atoms with Crippen LogP contribution in [0.3, 0.4) is 0 Å². The second-order valence-corrected chi connectivity index (χ2v) is 8.07. The second kappa shape index (κ2) is 11.5. The molecule has 1 saturated heterocycles. The number of rotatable bonds is 8.